The molecule has 0 bridgehead atoms. The first-order valence-corrected chi connectivity index (χ1v) is 8.01. The van der Waals surface area contributed by atoms with Crippen molar-refractivity contribution in [3.63, 3.8) is 0 Å². The van der Waals surface area contributed by atoms with Gasteiger partial charge in [0.15, 0.2) is 0 Å². The monoisotopic (exact) mass is 335 g/mol. The molecular weight excluding hydrogens is 317 g/mol. The quantitative estimate of drug-likeness (QED) is 0.657. The highest BCUT2D eigenvalue weighted by Gasteiger charge is 2.15. The van der Waals surface area contributed by atoms with Crippen LogP contribution in [0.2, 0.25) is 0 Å². The van der Waals surface area contributed by atoms with E-state index in [0.29, 0.717) is 5.69 Å². The van der Waals surface area contributed by atoms with Gasteiger partial charge in [0, 0.05) is 5.69 Å². The first-order chi connectivity index (χ1) is 12.1. The molecule has 0 radical (unpaired) electrons. The standard InChI is InChI=1S/C21H18FNO2/c22-18-10-12-19(13-11-18)23-20(14-21(24)25)17-8-6-16(7-9-17)15-4-2-1-3-5-15/h1-13,20,23H,14H2,(H,24,25). The predicted octanol–water partition coefficient (Wildman–Crippen LogP) is 5.12. The molecule has 0 aliphatic heterocycles. The number of halogens is 1. The first-order valence-electron chi connectivity index (χ1n) is 8.01. The summed E-state index contributed by atoms with van der Waals surface area (Å²) >= 11 is 0. The molecule has 3 rings (SSSR count). The number of nitrogens with one attached hydrogen (secondary N) is 1. The summed E-state index contributed by atoms with van der Waals surface area (Å²) < 4.78 is 13.0. The van der Waals surface area contributed by atoms with Crippen LogP contribution in [0.3, 0.4) is 0 Å². The van der Waals surface area contributed by atoms with Crippen molar-refractivity contribution >= 4 is 11.7 Å². The van der Waals surface area contributed by atoms with Gasteiger partial charge in [0.1, 0.15) is 5.82 Å². The fourth-order valence-electron chi connectivity index (χ4n) is 2.71. The third-order valence-electron chi connectivity index (χ3n) is 3.98. The first kappa shape index (κ1) is 16.7. The zero-order valence-corrected chi connectivity index (χ0v) is 13.5. The Morgan fingerprint density at radius 3 is 2.08 bits per heavy atom. The summed E-state index contributed by atoms with van der Waals surface area (Å²) in [7, 11) is 0. The molecule has 0 spiro atoms. The molecule has 0 saturated heterocycles. The van der Waals surface area contributed by atoms with E-state index in [1.165, 1.54) is 12.1 Å². The van der Waals surface area contributed by atoms with Gasteiger partial charge in [-0.1, -0.05) is 54.6 Å². The summed E-state index contributed by atoms with van der Waals surface area (Å²) in [4.78, 5) is 11.2. The summed E-state index contributed by atoms with van der Waals surface area (Å²) in [6, 6.07) is 23.3. The molecule has 1 unspecified atom stereocenters. The molecule has 3 aromatic rings. The van der Waals surface area contributed by atoms with Crippen molar-refractivity contribution in [1.82, 2.24) is 0 Å². The summed E-state index contributed by atoms with van der Waals surface area (Å²) in [5.41, 5.74) is 3.72. The highest BCUT2D eigenvalue weighted by molar-refractivity contribution is 5.69. The maximum absolute atomic E-state index is 13.0. The van der Waals surface area contributed by atoms with Crippen molar-refractivity contribution in [2.75, 3.05) is 5.32 Å². The van der Waals surface area contributed by atoms with Crippen LogP contribution in [-0.2, 0) is 4.79 Å². The van der Waals surface area contributed by atoms with Crippen molar-refractivity contribution in [2.45, 2.75) is 12.5 Å². The second-order valence-electron chi connectivity index (χ2n) is 5.79. The molecule has 25 heavy (non-hydrogen) atoms. The van der Waals surface area contributed by atoms with Gasteiger partial charge in [0.2, 0.25) is 0 Å². The molecule has 126 valence electrons. The average Bonchev–Trinajstić information content (AvgIpc) is 2.63. The van der Waals surface area contributed by atoms with Crippen LogP contribution in [-0.4, -0.2) is 11.1 Å². The molecule has 0 saturated carbocycles. The van der Waals surface area contributed by atoms with Crippen LogP contribution in [0, 0.1) is 5.82 Å². The third kappa shape index (κ3) is 4.44. The molecule has 0 fully saturated rings. The van der Waals surface area contributed by atoms with Crippen molar-refractivity contribution < 1.29 is 14.3 Å². The number of carbonyl (C=O) groups is 1. The summed E-state index contributed by atoms with van der Waals surface area (Å²) in [5.74, 6) is -1.22. The molecular formula is C21H18FNO2. The van der Waals surface area contributed by atoms with E-state index in [0.717, 1.165) is 16.7 Å². The largest absolute Gasteiger partial charge is 0.481 e. The Morgan fingerprint density at radius 2 is 1.48 bits per heavy atom. The maximum atomic E-state index is 13.0. The van der Waals surface area contributed by atoms with Gasteiger partial charge in [-0.25, -0.2) is 4.39 Å². The van der Waals surface area contributed by atoms with Crippen LogP contribution in [0.1, 0.15) is 18.0 Å². The zero-order valence-electron chi connectivity index (χ0n) is 13.5. The summed E-state index contributed by atoms with van der Waals surface area (Å²) in [6.45, 7) is 0. The number of carboxylic acids is 1. The Balaban J connectivity index is 1.83. The van der Waals surface area contributed by atoms with Crippen LogP contribution in [0.5, 0.6) is 0 Å². The van der Waals surface area contributed by atoms with Gasteiger partial charge in [0.25, 0.3) is 0 Å². The van der Waals surface area contributed by atoms with Gasteiger partial charge in [0.05, 0.1) is 12.5 Å². The van der Waals surface area contributed by atoms with Crippen LogP contribution in [0.25, 0.3) is 11.1 Å². The predicted molar refractivity (Wildman–Crippen MR) is 96.9 cm³/mol. The van der Waals surface area contributed by atoms with Crippen LogP contribution in [0.15, 0.2) is 78.9 Å². The molecule has 0 aliphatic carbocycles. The number of rotatable bonds is 6. The molecule has 3 nitrogen and oxygen atoms in total. The number of hydrogen-bond donors (Lipinski definition) is 2. The summed E-state index contributed by atoms with van der Waals surface area (Å²) in [5, 5.41) is 12.4. The second kappa shape index (κ2) is 7.62. The van der Waals surface area contributed by atoms with Crippen molar-refractivity contribution in [2.24, 2.45) is 0 Å². The van der Waals surface area contributed by atoms with Crippen molar-refractivity contribution in [3.8, 4) is 11.1 Å². The van der Waals surface area contributed by atoms with Gasteiger partial charge >= 0.3 is 5.97 Å². The van der Waals surface area contributed by atoms with E-state index in [1.54, 1.807) is 12.1 Å². The SMILES string of the molecule is O=C(O)CC(Nc1ccc(F)cc1)c1ccc(-c2ccccc2)cc1. The topological polar surface area (TPSA) is 49.3 Å². The average molecular weight is 335 g/mol. The van der Waals surface area contributed by atoms with Gasteiger partial charge in [-0.3, -0.25) is 4.79 Å². The Hall–Kier alpha value is -3.14. The Bertz CT molecular complexity index is 830. The number of anilines is 1. The van der Waals surface area contributed by atoms with E-state index in [1.807, 2.05) is 54.6 Å². The minimum Gasteiger partial charge on any atom is -0.481 e. The Labute approximate surface area is 145 Å². The molecule has 0 heterocycles. The lowest BCUT2D eigenvalue weighted by molar-refractivity contribution is -0.137. The minimum atomic E-state index is -0.897. The van der Waals surface area contributed by atoms with Crippen LogP contribution in [0.4, 0.5) is 10.1 Å². The normalized spacial score (nSPS) is 11.7. The van der Waals surface area contributed by atoms with E-state index < -0.39 is 12.0 Å². The molecule has 4 heteroatoms. The van der Waals surface area contributed by atoms with E-state index in [9.17, 15) is 14.3 Å². The van der Waals surface area contributed by atoms with Crippen LogP contribution >= 0.6 is 0 Å². The molecule has 0 aromatic heterocycles. The Morgan fingerprint density at radius 1 is 0.880 bits per heavy atom. The molecule has 2 N–H and O–H groups in total. The highest BCUT2D eigenvalue weighted by Crippen LogP contribution is 2.26. The van der Waals surface area contributed by atoms with E-state index in [-0.39, 0.29) is 12.2 Å². The maximum Gasteiger partial charge on any atom is 0.305 e. The third-order valence-corrected chi connectivity index (χ3v) is 3.98. The van der Waals surface area contributed by atoms with Gasteiger partial charge in [-0.15, -0.1) is 0 Å². The molecule has 0 aliphatic rings. The smallest absolute Gasteiger partial charge is 0.305 e. The van der Waals surface area contributed by atoms with Gasteiger partial charge < -0.3 is 10.4 Å². The van der Waals surface area contributed by atoms with Gasteiger partial charge in [-0.2, -0.15) is 0 Å². The highest BCUT2D eigenvalue weighted by atomic mass is 19.1. The second-order valence-corrected chi connectivity index (χ2v) is 5.79. The van der Waals surface area contributed by atoms with E-state index in [2.05, 4.69) is 5.32 Å². The van der Waals surface area contributed by atoms with Crippen molar-refractivity contribution in [3.05, 3.63) is 90.2 Å². The minimum absolute atomic E-state index is 0.0674. The fourth-order valence-corrected chi connectivity index (χ4v) is 2.71. The van der Waals surface area contributed by atoms with Crippen LogP contribution < -0.4 is 5.32 Å². The Kier molecular flexibility index (Phi) is 5.09. The van der Waals surface area contributed by atoms with Crippen molar-refractivity contribution in [1.29, 1.82) is 0 Å². The lowest BCUT2D eigenvalue weighted by atomic mass is 9.99. The molecule has 1 atom stereocenters. The zero-order chi connectivity index (χ0) is 17.6. The van der Waals surface area contributed by atoms with E-state index >= 15 is 0 Å². The number of benzene rings is 3. The lowest BCUT2D eigenvalue weighted by Gasteiger charge is -2.19. The number of hydrogen-bond acceptors (Lipinski definition) is 2. The fraction of sp³-hybridized carbons (Fsp3) is 0.0952. The molecule has 0 amide bonds. The summed E-state index contributed by atoms with van der Waals surface area (Å²) in [6.07, 6.45) is -0.0674. The molecule has 3 aromatic carbocycles. The number of aliphatic carboxylic acids is 1. The lowest BCUT2D eigenvalue weighted by Crippen LogP contribution is -2.15. The van der Waals surface area contributed by atoms with E-state index in [4.69, 9.17) is 0 Å². The number of carboxylic acid groups (broad SMARTS) is 1. The van der Waals surface area contributed by atoms with Gasteiger partial charge in [-0.05, 0) is 41.0 Å².